The molecule has 1 saturated heterocycles. The summed E-state index contributed by atoms with van der Waals surface area (Å²) in [7, 11) is 0. The van der Waals surface area contributed by atoms with Crippen molar-refractivity contribution in [3.05, 3.63) is 0 Å². The summed E-state index contributed by atoms with van der Waals surface area (Å²) in [5, 5.41) is 10.4. The van der Waals surface area contributed by atoms with Crippen molar-refractivity contribution in [2.45, 2.75) is 71.4 Å². The van der Waals surface area contributed by atoms with E-state index >= 15 is 0 Å². The van der Waals surface area contributed by atoms with Gasteiger partial charge in [-0.05, 0) is 61.7 Å². The zero-order chi connectivity index (χ0) is 13.6. The predicted octanol–water partition coefficient (Wildman–Crippen LogP) is 3.29. The fraction of sp³-hybridized carbons (Fsp3) is 1.00. The van der Waals surface area contributed by atoms with Crippen molar-refractivity contribution in [1.29, 1.82) is 0 Å². The van der Waals surface area contributed by atoms with Gasteiger partial charge in [0, 0.05) is 19.1 Å². The molecule has 110 valence electrons. The summed E-state index contributed by atoms with van der Waals surface area (Å²) in [6.45, 7) is 9.57. The van der Waals surface area contributed by atoms with Crippen molar-refractivity contribution in [2.24, 2.45) is 23.2 Å². The van der Waals surface area contributed by atoms with E-state index in [1.165, 1.54) is 38.6 Å². The Kier molecular flexibility index (Phi) is 3.68. The Morgan fingerprint density at radius 2 is 1.84 bits per heavy atom. The maximum Gasteiger partial charge on any atom is 0.0580 e. The fourth-order valence-corrected chi connectivity index (χ4v) is 4.78. The first-order valence-electron chi connectivity index (χ1n) is 8.35. The molecule has 0 aromatic rings. The van der Waals surface area contributed by atoms with Crippen LogP contribution in [0.1, 0.15) is 59.3 Å². The summed E-state index contributed by atoms with van der Waals surface area (Å²) in [6, 6.07) is 0.854. The number of fused-ring (bicyclic) bond motifs is 2. The average molecular weight is 265 g/mol. The van der Waals surface area contributed by atoms with E-state index in [4.69, 9.17) is 0 Å². The van der Waals surface area contributed by atoms with E-state index in [1.807, 2.05) is 0 Å². The highest BCUT2D eigenvalue weighted by atomic mass is 16.3. The molecule has 3 fully saturated rings. The van der Waals surface area contributed by atoms with Gasteiger partial charge in [-0.25, -0.2) is 0 Å². The Morgan fingerprint density at radius 3 is 2.42 bits per heavy atom. The lowest BCUT2D eigenvalue weighted by Gasteiger charge is -2.42. The Morgan fingerprint density at radius 1 is 1.05 bits per heavy atom. The monoisotopic (exact) mass is 265 g/mol. The Labute approximate surface area is 118 Å². The molecule has 1 aliphatic heterocycles. The van der Waals surface area contributed by atoms with E-state index < -0.39 is 0 Å². The molecule has 2 nitrogen and oxygen atoms in total. The quantitative estimate of drug-likeness (QED) is 0.828. The third kappa shape index (κ3) is 2.85. The van der Waals surface area contributed by atoms with Crippen LogP contribution in [0.5, 0.6) is 0 Å². The number of nitrogens with zero attached hydrogens (tertiary/aromatic N) is 1. The predicted molar refractivity (Wildman–Crippen MR) is 79.0 cm³/mol. The van der Waals surface area contributed by atoms with Gasteiger partial charge in [-0.3, -0.25) is 4.90 Å². The van der Waals surface area contributed by atoms with Gasteiger partial charge in [-0.2, -0.15) is 0 Å². The van der Waals surface area contributed by atoms with Crippen LogP contribution in [0.3, 0.4) is 0 Å². The van der Waals surface area contributed by atoms with Crippen molar-refractivity contribution in [1.82, 2.24) is 4.90 Å². The van der Waals surface area contributed by atoms with E-state index in [0.29, 0.717) is 11.3 Å². The first-order valence-corrected chi connectivity index (χ1v) is 8.35. The van der Waals surface area contributed by atoms with E-state index in [0.717, 1.165) is 30.8 Å². The molecule has 0 spiro atoms. The van der Waals surface area contributed by atoms with Crippen LogP contribution in [0, 0.1) is 23.2 Å². The molecule has 0 radical (unpaired) electrons. The van der Waals surface area contributed by atoms with E-state index in [-0.39, 0.29) is 6.10 Å². The largest absolute Gasteiger partial charge is 0.393 e. The van der Waals surface area contributed by atoms with Gasteiger partial charge in [0.1, 0.15) is 0 Å². The number of aliphatic hydroxyl groups excluding tert-OH is 1. The molecule has 5 atom stereocenters. The minimum Gasteiger partial charge on any atom is -0.393 e. The van der Waals surface area contributed by atoms with Gasteiger partial charge < -0.3 is 5.11 Å². The zero-order valence-electron chi connectivity index (χ0n) is 12.9. The Bertz CT molecular complexity index is 322. The number of hydrogen-bond acceptors (Lipinski definition) is 2. The van der Waals surface area contributed by atoms with Crippen LogP contribution >= 0.6 is 0 Å². The van der Waals surface area contributed by atoms with E-state index in [9.17, 15) is 5.11 Å². The highest BCUT2D eigenvalue weighted by molar-refractivity contribution is 4.95. The van der Waals surface area contributed by atoms with Crippen molar-refractivity contribution in [3.8, 4) is 0 Å². The van der Waals surface area contributed by atoms with Crippen LogP contribution in [-0.4, -0.2) is 35.2 Å². The summed E-state index contributed by atoms with van der Waals surface area (Å²) in [5.41, 5.74) is 0.405. The lowest BCUT2D eigenvalue weighted by molar-refractivity contribution is -0.000981. The SMILES string of the molecule is CC(C)(C)C1CCC(O)C(CN2CC3CCC2C3)C1. The Hall–Kier alpha value is -0.0800. The summed E-state index contributed by atoms with van der Waals surface area (Å²) in [5.74, 6) is 2.29. The minimum absolute atomic E-state index is 0.0438. The van der Waals surface area contributed by atoms with Crippen LogP contribution in [0.2, 0.25) is 0 Å². The number of likely N-dealkylation sites (tertiary alicyclic amines) is 1. The third-order valence-electron chi connectivity index (χ3n) is 6.16. The fourth-order valence-electron chi connectivity index (χ4n) is 4.78. The lowest BCUT2D eigenvalue weighted by atomic mass is 9.68. The molecular weight excluding hydrogens is 234 g/mol. The number of hydrogen-bond donors (Lipinski definition) is 1. The standard InChI is InChI=1S/C17H31NO/c1-17(2,3)14-5-7-16(19)13(9-14)11-18-10-12-4-6-15(18)8-12/h12-16,19H,4-11H2,1-3H3. The lowest BCUT2D eigenvalue weighted by Crippen LogP contribution is -2.43. The normalized spacial score (nSPS) is 43.9. The molecule has 2 saturated carbocycles. The molecule has 2 bridgehead atoms. The van der Waals surface area contributed by atoms with Crippen molar-refractivity contribution in [3.63, 3.8) is 0 Å². The van der Waals surface area contributed by atoms with Gasteiger partial charge >= 0.3 is 0 Å². The molecule has 19 heavy (non-hydrogen) atoms. The van der Waals surface area contributed by atoms with Crippen LogP contribution in [0.15, 0.2) is 0 Å². The topological polar surface area (TPSA) is 23.5 Å². The van der Waals surface area contributed by atoms with Crippen molar-refractivity contribution < 1.29 is 5.11 Å². The van der Waals surface area contributed by atoms with Gasteiger partial charge in [0.15, 0.2) is 0 Å². The third-order valence-corrected chi connectivity index (χ3v) is 6.16. The van der Waals surface area contributed by atoms with E-state index in [2.05, 4.69) is 25.7 Å². The highest BCUT2D eigenvalue weighted by Crippen LogP contribution is 2.43. The van der Waals surface area contributed by atoms with Crippen molar-refractivity contribution >= 4 is 0 Å². The number of piperidine rings is 1. The van der Waals surface area contributed by atoms with Gasteiger partial charge in [0.05, 0.1) is 6.10 Å². The molecule has 0 aromatic heterocycles. The number of aliphatic hydroxyl groups is 1. The first-order chi connectivity index (χ1) is 8.93. The summed E-state index contributed by atoms with van der Waals surface area (Å²) < 4.78 is 0. The van der Waals surface area contributed by atoms with Crippen LogP contribution in [0.25, 0.3) is 0 Å². The summed E-state index contributed by atoms with van der Waals surface area (Å²) in [6.07, 6.45) is 7.74. The second-order valence-corrected chi connectivity index (χ2v) is 8.49. The second kappa shape index (κ2) is 5.04. The highest BCUT2D eigenvalue weighted by Gasteiger charge is 2.41. The molecule has 0 amide bonds. The molecular formula is C17H31NO. The maximum atomic E-state index is 10.4. The number of rotatable bonds is 2. The van der Waals surface area contributed by atoms with E-state index in [1.54, 1.807) is 0 Å². The van der Waals surface area contributed by atoms with Crippen molar-refractivity contribution in [2.75, 3.05) is 13.1 Å². The van der Waals surface area contributed by atoms with Gasteiger partial charge in [-0.15, -0.1) is 0 Å². The zero-order valence-corrected chi connectivity index (χ0v) is 12.9. The molecule has 3 aliphatic rings. The molecule has 2 aliphatic carbocycles. The van der Waals surface area contributed by atoms with Gasteiger partial charge in [0.2, 0.25) is 0 Å². The van der Waals surface area contributed by atoms with Gasteiger partial charge in [-0.1, -0.05) is 20.8 Å². The molecule has 5 unspecified atom stereocenters. The molecule has 3 rings (SSSR count). The van der Waals surface area contributed by atoms with Gasteiger partial charge in [0.25, 0.3) is 0 Å². The van der Waals surface area contributed by atoms with Crippen LogP contribution in [-0.2, 0) is 0 Å². The second-order valence-electron chi connectivity index (χ2n) is 8.49. The summed E-state index contributed by atoms with van der Waals surface area (Å²) >= 11 is 0. The molecule has 0 aromatic carbocycles. The minimum atomic E-state index is -0.0438. The first kappa shape index (κ1) is 13.9. The average Bonchev–Trinajstić information content (AvgIpc) is 2.92. The maximum absolute atomic E-state index is 10.4. The van der Waals surface area contributed by atoms with Crippen LogP contribution < -0.4 is 0 Å². The van der Waals surface area contributed by atoms with Crippen LogP contribution in [0.4, 0.5) is 0 Å². The molecule has 1 N–H and O–H groups in total. The molecule has 2 heteroatoms. The Balaban J connectivity index is 1.59. The summed E-state index contributed by atoms with van der Waals surface area (Å²) in [4.78, 5) is 2.70. The molecule has 1 heterocycles. The smallest absolute Gasteiger partial charge is 0.0580 e.